The second kappa shape index (κ2) is 8.48. The van der Waals surface area contributed by atoms with Gasteiger partial charge in [-0.3, -0.25) is 4.79 Å². The summed E-state index contributed by atoms with van der Waals surface area (Å²) < 4.78 is 10.6. The molecule has 0 aliphatic carbocycles. The number of amides is 1. The fourth-order valence-corrected chi connectivity index (χ4v) is 3.16. The highest BCUT2D eigenvalue weighted by molar-refractivity contribution is 7.09. The van der Waals surface area contributed by atoms with Crippen LogP contribution < -0.4 is 10.1 Å². The van der Waals surface area contributed by atoms with Crippen LogP contribution in [0.3, 0.4) is 0 Å². The molecule has 3 rings (SSSR count). The number of aryl methyl sites for hydroxylation is 1. The highest BCUT2D eigenvalue weighted by Crippen LogP contribution is 2.24. The standard InChI is InChI=1S/C19H20N2O3S/c1-23-16-5-2-4-14(12-16)18-13-15(21-24-18)9-10-20-19(22)8-7-17-6-3-11-25-17/h2-6,11-13H,7-10H2,1H3,(H,20,22). The Hall–Kier alpha value is -2.60. The molecule has 1 amide bonds. The first kappa shape index (κ1) is 17.2. The lowest BCUT2D eigenvalue weighted by Gasteiger charge is -2.02. The van der Waals surface area contributed by atoms with Crippen LogP contribution in [0.2, 0.25) is 0 Å². The Kier molecular flexibility index (Phi) is 5.85. The van der Waals surface area contributed by atoms with E-state index in [-0.39, 0.29) is 5.91 Å². The Morgan fingerprint density at radius 3 is 2.96 bits per heavy atom. The van der Waals surface area contributed by atoms with Crippen LogP contribution in [-0.4, -0.2) is 24.7 Å². The van der Waals surface area contributed by atoms with E-state index in [1.165, 1.54) is 4.88 Å². The molecule has 0 saturated heterocycles. The van der Waals surface area contributed by atoms with Crippen molar-refractivity contribution in [1.29, 1.82) is 0 Å². The summed E-state index contributed by atoms with van der Waals surface area (Å²) in [5.74, 6) is 1.52. The van der Waals surface area contributed by atoms with Gasteiger partial charge in [0.25, 0.3) is 0 Å². The predicted molar refractivity (Wildman–Crippen MR) is 97.8 cm³/mol. The van der Waals surface area contributed by atoms with E-state index in [1.54, 1.807) is 18.4 Å². The molecule has 2 aromatic heterocycles. The lowest BCUT2D eigenvalue weighted by atomic mass is 10.1. The maximum atomic E-state index is 11.9. The van der Waals surface area contributed by atoms with Crippen LogP contribution in [0.1, 0.15) is 17.0 Å². The zero-order valence-corrected chi connectivity index (χ0v) is 14.8. The molecule has 0 fully saturated rings. The summed E-state index contributed by atoms with van der Waals surface area (Å²) in [6, 6.07) is 13.6. The summed E-state index contributed by atoms with van der Waals surface area (Å²) in [6.45, 7) is 0.549. The zero-order valence-electron chi connectivity index (χ0n) is 14.0. The Bertz CT molecular complexity index is 812. The van der Waals surface area contributed by atoms with Gasteiger partial charge in [-0.2, -0.15) is 0 Å². The minimum absolute atomic E-state index is 0.0601. The molecular weight excluding hydrogens is 336 g/mol. The molecule has 2 heterocycles. The fraction of sp³-hybridized carbons (Fsp3) is 0.263. The molecule has 1 N–H and O–H groups in total. The number of thiophene rings is 1. The highest BCUT2D eigenvalue weighted by Gasteiger charge is 2.08. The van der Waals surface area contributed by atoms with Gasteiger partial charge < -0.3 is 14.6 Å². The van der Waals surface area contributed by atoms with Crippen molar-refractivity contribution in [1.82, 2.24) is 10.5 Å². The molecule has 0 radical (unpaired) electrons. The molecule has 6 heteroatoms. The lowest BCUT2D eigenvalue weighted by Crippen LogP contribution is -2.25. The summed E-state index contributed by atoms with van der Waals surface area (Å²) in [5, 5.41) is 9.02. The maximum absolute atomic E-state index is 11.9. The quantitative estimate of drug-likeness (QED) is 0.668. The third-order valence-electron chi connectivity index (χ3n) is 3.80. The zero-order chi connectivity index (χ0) is 17.5. The highest BCUT2D eigenvalue weighted by atomic mass is 32.1. The molecule has 0 saturated carbocycles. The summed E-state index contributed by atoms with van der Waals surface area (Å²) >= 11 is 1.68. The number of hydrogen-bond donors (Lipinski definition) is 1. The minimum atomic E-state index is 0.0601. The Morgan fingerprint density at radius 1 is 1.24 bits per heavy atom. The first-order valence-corrected chi connectivity index (χ1v) is 9.01. The number of ether oxygens (including phenoxy) is 1. The van der Waals surface area contributed by atoms with Gasteiger partial charge in [0.2, 0.25) is 5.91 Å². The van der Waals surface area contributed by atoms with Gasteiger partial charge in [0.15, 0.2) is 5.76 Å². The smallest absolute Gasteiger partial charge is 0.220 e. The topological polar surface area (TPSA) is 64.4 Å². The van der Waals surface area contributed by atoms with Gasteiger partial charge in [0, 0.05) is 35.9 Å². The number of methoxy groups -OCH3 is 1. The van der Waals surface area contributed by atoms with Crippen molar-refractivity contribution in [2.24, 2.45) is 0 Å². The normalized spacial score (nSPS) is 10.6. The third kappa shape index (κ3) is 4.93. The number of nitrogens with one attached hydrogen (secondary N) is 1. The van der Waals surface area contributed by atoms with Gasteiger partial charge >= 0.3 is 0 Å². The number of nitrogens with zero attached hydrogens (tertiary/aromatic N) is 1. The van der Waals surface area contributed by atoms with E-state index in [0.717, 1.165) is 23.4 Å². The van der Waals surface area contributed by atoms with Gasteiger partial charge in [-0.25, -0.2) is 0 Å². The van der Waals surface area contributed by atoms with E-state index in [2.05, 4.69) is 10.5 Å². The van der Waals surface area contributed by atoms with E-state index in [0.29, 0.717) is 25.1 Å². The Labute approximate surface area is 150 Å². The molecule has 3 aromatic rings. The van der Waals surface area contributed by atoms with E-state index in [4.69, 9.17) is 9.26 Å². The van der Waals surface area contributed by atoms with Crippen molar-refractivity contribution in [3.63, 3.8) is 0 Å². The molecule has 0 aliphatic heterocycles. The monoisotopic (exact) mass is 356 g/mol. The summed E-state index contributed by atoms with van der Waals surface area (Å²) in [7, 11) is 1.63. The van der Waals surface area contributed by atoms with Crippen molar-refractivity contribution in [2.45, 2.75) is 19.3 Å². The predicted octanol–water partition coefficient (Wildman–Crippen LogP) is 3.70. The second-order valence-electron chi connectivity index (χ2n) is 5.59. The van der Waals surface area contributed by atoms with Crippen LogP contribution in [0.15, 0.2) is 52.4 Å². The molecule has 5 nitrogen and oxygen atoms in total. The minimum Gasteiger partial charge on any atom is -0.497 e. The van der Waals surface area contributed by atoms with Crippen LogP contribution in [0.5, 0.6) is 5.75 Å². The van der Waals surface area contributed by atoms with Crippen molar-refractivity contribution < 1.29 is 14.1 Å². The lowest BCUT2D eigenvalue weighted by molar-refractivity contribution is -0.121. The van der Waals surface area contributed by atoms with E-state index in [1.807, 2.05) is 47.8 Å². The van der Waals surface area contributed by atoms with Gasteiger partial charge in [0.1, 0.15) is 5.75 Å². The largest absolute Gasteiger partial charge is 0.497 e. The summed E-state index contributed by atoms with van der Waals surface area (Å²) in [4.78, 5) is 13.1. The summed E-state index contributed by atoms with van der Waals surface area (Å²) in [5.41, 5.74) is 1.73. The third-order valence-corrected chi connectivity index (χ3v) is 4.73. The van der Waals surface area contributed by atoms with E-state index in [9.17, 15) is 4.79 Å². The van der Waals surface area contributed by atoms with Crippen molar-refractivity contribution in [3.05, 3.63) is 58.4 Å². The molecule has 0 spiro atoms. The molecule has 130 valence electrons. The Morgan fingerprint density at radius 2 is 2.16 bits per heavy atom. The van der Waals surface area contributed by atoms with Crippen molar-refractivity contribution >= 4 is 17.2 Å². The van der Waals surface area contributed by atoms with Gasteiger partial charge in [-0.05, 0) is 30.0 Å². The fourth-order valence-electron chi connectivity index (χ4n) is 2.45. The van der Waals surface area contributed by atoms with Crippen LogP contribution in [0.25, 0.3) is 11.3 Å². The Balaban J connectivity index is 1.46. The number of benzene rings is 1. The molecule has 0 unspecified atom stereocenters. The number of carbonyl (C=O) groups excluding carboxylic acids is 1. The first-order valence-electron chi connectivity index (χ1n) is 8.13. The molecule has 1 aromatic carbocycles. The molecule has 25 heavy (non-hydrogen) atoms. The van der Waals surface area contributed by atoms with Crippen LogP contribution in [0, 0.1) is 0 Å². The summed E-state index contributed by atoms with van der Waals surface area (Å²) in [6.07, 6.45) is 1.93. The molecule has 0 bridgehead atoms. The second-order valence-corrected chi connectivity index (χ2v) is 6.63. The average Bonchev–Trinajstić information content (AvgIpc) is 3.32. The van der Waals surface area contributed by atoms with Crippen LogP contribution >= 0.6 is 11.3 Å². The van der Waals surface area contributed by atoms with Crippen LogP contribution in [-0.2, 0) is 17.6 Å². The van der Waals surface area contributed by atoms with E-state index >= 15 is 0 Å². The van der Waals surface area contributed by atoms with Crippen molar-refractivity contribution in [2.75, 3.05) is 13.7 Å². The van der Waals surface area contributed by atoms with Gasteiger partial charge in [-0.1, -0.05) is 23.4 Å². The molecular formula is C19H20N2O3S. The number of carbonyl (C=O) groups is 1. The number of aromatic nitrogens is 1. The van der Waals surface area contributed by atoms with Gasteiger partial charge in [-0.15, -0.1) is 11.3 Å². The SMILES string of the molecule is COc1cccc(-c2cc(CCNC(=O)CCc3cccs3)no2)c1. The first-order chi connectivity index (χ1) is 12.2. The van der Waals surface area contributed by atoms with Gasteiger partial charge in [0.05, 0.1) is 12.8 Å². The number of hydrogen-bond acceptors (Lipinski definition) is 5. The van der Waals surface area contributed by atoms with E-state index < -0.39 is 0 Å². The molecule has 0 aliphatic rings. The average molecular weight is 356 g/mol. The van der Waals surface area contributed by atoms with Crippen LogP contribution in [0.4, 0.5) is 0 Å². The number of rotatable bonds is 8. The maximum Gasteiger partial charge on any atom is 0.220 e. The van der Waals surface area contributed by atoms with Crippen molar-refractivity contribution in [3.8, 4) is 17.1 Å². The molecule has 0 atom stereocenters.